The lowest BCUT2D eigenvalue weighted by atomic mass is 9.95. The zero-order chi connectivity index (χ0) is 15.1. The van der Waals surface area contributed by atoms with E-state index in [1.54, 1.807) is 0 Å². The van der Waals surface area contributed by atoms with Gasteiger partial charge in [0.15, 0.2) is 0 Å². The lowest BCUT2D eigenvalue weighted by Gasteiger charge is -2.18. The molecule has 0 amide bonds. The largest absolute Gasteiger partial charge is 0.475 e. The van der Waals surface area contributed by atoms with Gasteiger partial charge in [-0.15, -0.1) is 5.10 Å². The van der Waals surface area contributed by atoms with Crippen molar-refractivity contribution in [3.8, 4) is 5.69 Å². The third-order valence-electron chi connectivity index (χ3n) is 2.61. The predicted molar refractivity (Wildman–Crippen MR) is 72.0 cm³/mol. The number of aromatic nitrogens is 3. The zero-order valence-electron chi connectivity index (χ0n) is 11.2. The lowest BCUT2D eigenvalue weighted by Crippen LogP contribution is -2.19. The van der Waals surface area contributed by atoms with E-state index in [9.17, 15) is 9.18 Å². The lowest BCUT2D eigenvalue weighted by molar-refractivity contribution is 0.0683. The Morgan fingerprint density at radius 2 is 2.05 bits per heavy atom. The van der Waals surface area contributed by atoms with Crippen molar-refractivity contribution in [2.45, 2.75) is 26.2 Å². The van der Waals surface area contributed by atoms with Gasteiger partial charge in [-0.2, -0.15) is 0 Å². The van der Waals surface area contributed by atoms with Gasteiger partial charge in [0.1, 0.15) is 11.6 Å². The summed E-state index contributed by atoms with van der Waals surface area (Å²) in [6, 6.07) is 3.80. The molecule has 0 aliphatic heterocycles. The number of hydrogen-bond acceptors (Lipinski definition) is 3. The molecule has 0 aliphatic carbocycles. The summed E-state index contributed by atoms with van der Waals surface area (Å²) in [6.45, 7) is 5.56. The third kappa shape index (κ3) is 2.65. The van der Waals surface area contributed by atoms with Gasteiger partial charge in [-0.05, 0) is 12.1 Å². The summed E-state index contributed by atoms with van der Waals surface area (Å²) >= 11 is 6.04. The second-order valence-electron chi connectivity index (χ2n) is 5.32. The van der Waals surface area contributed by atoms with E-state index in [-0.39, 0.29) is 16.5 Å². The Morgan fingerprint density at radius 3 is 2.60 bits per heavy atom. The molecule has 20 heavy (non-hydrogen) atoms. The van der Waals surface area contributed by atoms with Crippen LogP contribution in [0.1, 0.15) is 37.2 Å². The maximum atomic E-state index is 13.4. The Balaban J connectivity index is 2.72. The second-order valence-corrected chi connectivity index (χ2v) is 5.73. The fourth-order valence-electron chi connectivity index (χ4n) is 1.70. The molecule has 0 bridgehead atoms. The van der Waals surface area contributed by atoms with E-state index in [1.165, 1.54) is 22.9 Å². The Labute approximate surface area is 120 Å². The van der Waals surface area contributed by atoms with Crippen molar-refractivity contribution >= 4 is 17.6 Å². The summed E-state index contributed by atoms with van der Waals surface area (Å²) in [6.07, 6.45) is 0. The smallest absolute Gasteiger partial charge is 0.375 e. The first-order valence-electron chi connectivity index (χ1n) is 5.86. The minimum absolute atomic E-state index is 0.261. The summed E-state index contributed by atoms with van der Waals surface area (Å²) in [5.41, 5.74) is -0.215. The van der Waals surface area contributed by atoms with Gasteiger partial charge in [0.05, 0.1) is 10.7 Å². The number of hydrogen-bond donors (Lipinski definition) is 1. The van der Waals surface area contributed by atoms with Crippen molar-refractivity contribution in [3.05, 3.63) is 40.7 Å². The highest BCUT2D eigenvalue weighted by atomic mass is 35.5. The molecule has 1 N–H and O–H groups in total. The minimum Gasteiger partial charge on any atom is -0.475 e. The van der Waals surface area contributed by atoms with Gasteiger partial charge in [0.2, 0.25) is 0 Å². The quantitative estimate of drug-likeness (QED) is 0.925. The molecule has 0 saturated carbocycles. The number of carboxylic acids is 1. The first-order chi connectivity index (χ1) is 9.20. The predicted octanol–water partition coefficient (Wildman–Crippen LogP) is 3.06. The number of carbonyl (C=O) groups is 1. The average molecular weight is 298 g/mol. The Hall–Kier alpha value is -1.95. The summed E-state index contributed by atoms with van der Waals surface area (Å²) in [4.78, 5) is 15.0. The summed E-state index contributed by atoms with van der Waals surface area (Å²) < 4.78 is 14.7. The normalized spacial score (nSPS) is 11.7. The van der Waals surface area contributed by atoms with Crippen LogP contribution in [0.5, 0.6) is 0 Å². The highest BCUT2D eigenvalue weighted by molar-refractivity contribution is 6.32. The number of nitrogens with zero attached hydrogens (tertiary/aromatic N) is 3. The molecular weight excluding hydrogens is 285 g/mol. The van der Waals surface area contributed by atoms with Gasteiger partial charge >= 0.3 is 5.97 Å². The highest BCUT2D eigenvalue weighted by Gasteiger charge is 2.27. The van der Waals surface area contributed by atoms with Crippen LogP contribution in [0.3, 0.4) is 0 Å². The minimum atomic E-state index is -1.25. The van der Waals surface area contributed by atoms with Crippen LogP contribution in [0.2, 0.25) is 5.02 Å². The molecule has 1 aromatic carbocycles. The molecular formula is C13H13ClFN3O2. The van der Waals surface area contributed by atoms with Crippen molar-refractivity contribution < 1.29 is 14.3 Å². The van der Waals surface area contributed by atoms with Crippen LogP contribution >= 0.6 is 11.6 Å². The van der Waals surface area contributed by atoms with Crippen LogP contribution in [0.4, 0.5) is 4.39 Å². The van der Waals surface area contributed by atoms with E-state index in [0.717, 1.165) is 0 Å². The molecule has 0 radical (unpaired) electrons. The fraction of sp³-hybridized carbons (Fsp3) is 0.308. The second kappa shape index (κ2) is 4.86. The van der Waals surface area contributed by atoms with E-state index in [2.05, 4.69) is 10.1 Å². The molecule has 0 aliphatic rings. The molecule has 1 aromatic heterocycles. The molecule has 5 nitrogen and oxygen atoms in total. The SMILES string of the molecule is CC(C)(C)c1nc(C(=O)O)nn1-c1cc(F)ccc1Cl. The number of benzene rings is 1. The van der Waals surface area contributed by atoms with E-state index in [1.807, 2.05) is 20.8 Å². The molecule has 1 heterocycles. The number of aromatic carboxylic acids is 1. The van der Waals surface area contributed by atoms with Crippen molar-refractivity contribution in [3.63, 3.8) is 0 Å². The van der Waals surface area contributed by atoms with Crippen molar-refractivity contribution in [2.75, 3.05) is 0 Å². The van der Waals surface area contributed by atoms with Crippen molar-refractivity contribution in [1.29, 1.82) is 0 Å². The average Bonchev–Trinajstić information content (AvgIpc) is 2.77. The van der Waals surface area contributed by atoms with Crippen molar-refractivity contribution in [2.24, 2.45) is 0 Å². The van der Waals surface area contributed by atoms with Crippen LogP contribution in [0.25, 0.3) is 5.69 Å². The molecule has 0 unspecified atom stereocenters. The van der Waals surface area contributed by atoms with Gasteiger partial charge < -0.3 is 5.11 Å². The van der Waals surface area contributed by atoms with E-state index in [0.29, 0.717) is 5.82 Å². The van der Waals surface area contributed by atoms with Crippen LogP contribution in [0, 0.1) is 5.82 Å². The topological polar surface area (TPSA) is 68.0 Å². The van der Waals surface area contributed by atoms with Gasteiger partial charge in [0.25, 0.3) is 5.82 Å². The molecule has 0 fully saturated rings. The standard InChI is InChI=1S/C13H13ClFN3O2/c1-13(2,3)12-16-10(11(19)20)17-18(12)9-6-7(15)4-5-8(9)14/h4-6H,1-3H3,(H,19,20). The molecule has 0 saturated heterocycles. The fourth-order valence-corrected chi connectivity index (χ4v) is 1.90. The zero-order valence-corrected chi connectivity index (χ0v) is 11.9. The monoisotopic (exact) mass is 297 g/mol. The molecule has 0 atom stereocenters. The molecule has 106 valence electrons. The maximum Gasteiger partial charge on any atom is 0.375 e. The molecule has 7 heteroatoms. The number of rotatable bonds is 2. The summed E-state index contributed by atoms with van der Waals surface area (Å²) in [7, 11) is 0. The van der Waals surface area contributed by atoms with Gasteiger partial charge in [-0.25, -0.2) is 18.9 Å². The maximum absolute atomic E-state index is 13.4. The Bertz CT molecular complexity index is 677. The van der Waals surface area contributed by atoms with E-state index < -0.39 is 17.2 Å². The first kappa shape index (κ1) is 14.5. The molecule has 2 rings (SSSR count). The van der Waals surface area contributed by atoms with Crippen molar-refractivity contribution in [1.82, 2.24) is 14.8 Å². The number of halogens is 2. The number of carboxylic acid groups (broad SMARTS) is 1. The van der Waals surface area contributed by atoms with Crippen LogP contribution in [0.15, 0.2) is 18.2 Å². The van der Waals surface area contributed by atoms with Crippen LogP contribution < -0.4 is 0 Å². The van der Waals surface area contributed by atoms with E-state index in [4.69, 9.17) is 16.7 Å². The highest BCUT2D eigenvalue weighted by Crippen LogP contribution is 2.27. The summed E-state index contributed by atoms with van der Waals surface area (Å²) in [5.74, 6) is -1.70. The van der Waals surface area contributed by atoms with Crippen LogP contribution in [-0.4, -0.2) is 25.8 Å². The van der Waals surface area contributed by atoms with Gasteiger partial charge in [0, 0.05) is 11.5 Å². The Morgan fingerprint density at radius 1 is 1.40 bits per heavy atom. The molecule has 2 aromatic rings. The third-order valence-corrected chi connectivity index (χ3v) is 2.93. The van der Waals surface area contributed by atoms with Gasteiger partial charge in [-0.1, -0.05) is 32.4 Å². The summed E-state index contributed by atoms with van der Waals surface area (Å²) in [5, 5.41) is 13.2. The molecule has 0 spiro atoms. The van der Waals surface area contributed by atoms with Gasteiger partial charge in [-0.3, -0.25) is 0 Å². The Kier molecular flexibility index (Phi) is 3.52. The first-order valence-corrected chi connectivity index (χ1v) is 6.24. The van der Waals surface area contributed by atoms with E-state index >= 15 is 0 Å². The van der Waals surface area contributed by atoms with Crippen LogP contribution in [-0.2, 0) is 5.41 Å².